The highest BCUT2D eigenvalue weighted by Gasteiger charge is 2.26. The average molecular weight is 472 g/mol. The zero-order chi connectivity index (χ0) is 24.0. The molecule has 0 saturated carbocycles. The van der Waals surface area contributed by atoms with Crippen molar-refractivity contribution in [1.82, 2.24) is 24.6 Å². The van der Waals surface area contributed by atoms with Crippen LogP contribution in [0.5, 0.6) is 0 Å². The number of morpholine rings is 1. The van der Waals surface area contributed by atoms with Gasteiger partial charge in [0.25, 0.3) is 0 Å². The molecule has 2 aromatic heterocycles. The van der Waals surface area contributed by atoms with E-state index < -0.39 is 0 Å². The Morgan fingerprint density at radius 2 is 1.86 bits per heavy atom. The van der Waals surface area contributed by atoms with Crippen LogP contribution in [-0.4, -0.2) is 64.0 Å². The number of piperidine rings is 1. The Morgan fingerprint density at radius 1 is 1.09 bits per heavy atom. The number of aromatic nitrogens is 4. The molecular formula is C27H33N7O. The van der Waals surface area contributed by atoms with Crippen molar-refractivity contribution in [3.8, 4) is 0 Å². The van der Waals surface area contributed by atoms with E-state index in [1.54, 1.807) is 6.08 Å². The number of hydrogen-bond donors (Lipinski definition) is 1. The third-order valence-electron chi connectivity index (χ3n) is 6.73. The highest BCUT2D eigenvalue weighted by Crippen LogP contribution is 2.31. The lowest BCUT2D eigenvalue weighted by atomic mass is 10.0. The summed E-state index contributed by atoms with van der Waals surface area (Å²) in [6, 6.07) is 11.0. The van der Waals surface area contributed by atoms with E-state index in [1.807, 2.05) is 18.3 Å². The molecule has 5 rings (SSSR count). The Labute approximate surface area is 206 Å². The monoisotopic (exact) mass is 471 g/mol. The highest BCUT2D eigenvalue weighted by molar-refractivity contribution is 5.89. The summed E-state index contributed by atoms with van der Waals surface area (Å²) >= 11 is 0. The second-order valence-corrected chi connectivity index (χ2v) is 9.01. The minimum Gasteiger partial charge on any atom is -0.405 e. The quantitative estimate of drug-likeness (QED) is 0.528. The molecule has 0 atom stereocenters. The highest BCUT2D eigenvalue weighted by atomic mass is 16.5. The molecule has 3 aromatic rings. The van der Waals surface area contributed by atoms with Crippen molar-refractivity contribution in [2.45, 2.75) is 25.4 Å². The number of benzene rings is 1. The molecule has 8 nitrogen and oxygen atoms in total. The molecule has 8 heteroatoms. The smallest absolute Gasteiger partial charge is 0.164 e. The van der Waals surface area contributed by atoms with E-state index in [-0.39, 0.29) is 0 Å². The van der Waals surface area contributed by atoms with Crippen LogP contribution in [0.1, 0.15) is 30.3 Å². The van der Waals surface area contributed by atoms with Gasteiger partial charge in [-0.25, -0.2) is 14.6 Å². The summed E-state index contributed by atoms with van der Waals surface area (Å²) in [5, 5.41) is 5.81. The molecule has 2 fully saturated rings. The van der Waals surface area contributed by atoms with E-state index in [4.69, 9.17) is 25.5 Å². The summed E-state index contributed by atoms with van der Waals surface area (Å²) in [6.45, 7) is 9.86. The van der Waals surface area contributed by atoms with Crippen molar-refractivity contribution in [2.24, 2.45) is 5.73 Å². The first-order valence-corrected chi connectivity index (χ1v) is 12.3. The Balaban J connectivity index is 1.45. The standard InChI is InChI=1S/C27H33N7O/c1-2-6-22(9-12-28)25-30-26(33-15-17-35-18-16-33)24-19-29-34(27(24)31-25)23-10-13-32(14-11-23)20-21-7-4-3-5-8-21/h2-9,12,19,23H,1,10-11,13-18,20,28H2/b12-9-,22-6+. The average Bonchev–Trinajstić information content (AvgIpc) is 3.34. The molecule has 2 saturated heterocycles. The van der Waals surface area contributed by atoms with Crippen LogP contribution in [0.4, 0.5) is 5.82 Å². The van der Waals surface area contributed by atoms with Crippen molar-refractivity contribution in [2.75, 3.05) is 44.3 Å². The summed E-state index contributed by atoms with van der Waals surface area (Å²) < 4.78 is 7.69. The minimum atomic E-state index is 0.302. The number of likely N-dealkylation sites (tertiary alicyclic amines) is 1. The Kier molecular flexibility index (Phi) is 7.20. The molecule has 1 aromatic carbocycles. The molecule has 0 amide bonds. The maximum atomic E-state index is 5.73. The van der Waals surface area contributed by atoms with Crippen LogP contribution in [-0.2, 0) is 11.3 Å². The van der Waals surface area contributed by atoms with E-state index in [9.17, 15) is 0 Å². The van der Waals surface area contributed by atoms with Gasteiger partial charge in [-0.1, -0.05) is 49.1 Å². The molecule has 2 aliphatic rings. The minimum absolute atomic E-state index is 0.302. The van der Waals surface area contributed by atoms with Gasteiger partial charge in [0.05, 0.1) is 30.8 Å². The number of ether oxygens (including phenoxy) is 1. The van der Waals surface area contributed by atoms with Gasteiger partial charge in [-0.3, -0.25) is 4.90 Å². The molecule has 4 heterocycles. The van der Waals surface area contributed by atoms with Crippen molar-refractivity contribution in [3.05, 3.63) is 78.9 Å². The van der Waals surface area contributed by atoms with E-state index >= 15 is 0 Å². The molecule has 182 valence electrons. The molecule has 0 spiro atoms. The van der Waals surface area contributed by atoms with Crippen LogP contribution >= 0.6 is 0 Å². The molecule has 0 bridgehead atoms. The molecular weight excluding hydrogens is 438 g/mol. The predicted octanol–water partition coefficient (Wildman–Crippen LogP) is 3.54. The SMILES string of the molecule is C=C/C=C(\C=C/N)c1nc(N2CCOCC2)c2cnn(C3CCN(Cc4ccccc4)CC3)c2n1. The van der Waals surface area contributed by atoms with Crippen LogP contribution in [0.25, 0.3) is 16.6 Å². The maximum absolute atomic E-state index is 5.73. The molecule has 0 unspecified atom stereocenters. The summed E-state index contributed by atoms with van der Waals surface area (Å²) in [7, 11) is 0. The fraction of sp³-hybridized carbons (Fsp3) is 0.370. The fourth-order valence-electron chi connectivity index (χ4n) is 4.92. The van der Waals surface area contributed by atoms with Gasteiger partial charge in [0.1, 0.15) is 5.82 Å². The zero-order valence-electron chi connectivity index (χ0n) is 20.1. The van der Waals surface area contributed by atoms with E-state index in [0.717, 1.165) is 68.0 Å². The normalized spacial score (nSPS) is 18.5. The molecule has 35 heavy (non-hydrogen) atoms. The van der Waals surface area contributed by atoms with E-state index in [1.165, 1.54) is 11.8 Å². The van der Waals surface area contributed by atoms with Crippen LogP contribution in [0.2, 0.25) is 0 Å². The number of fused-ring (bicyclic) bond motifs is 1. The first kappa shape index (κ1) is 23.3. The van der Waals surface area contributed by atoms with Crippen LogP contribution in [0.15, 0.2) is 67.5 Å². The number of nitrogens with zero attached hydrogens (tertiary/aromatic N) is 6. The summed E-state index contributed by atoms with van der Waals surface area (Å²) in [6.07, 6.45) is 10.9. The third-order valence-corrected chi connectivity index (χ3v) is 6.73. The van der Waals surface area contributed by atoms with Gasteiger partial charge in [0, 0.05) is 38.3 Å². The second kappa shape index (κ2) is 10.8. The van der Waals surface area contributed by atoms with Gasteiger partial charge in [0.15, 0.2) is 11.5 Å². The third kappa shape index (κ3) is 5.13. The van der Waals surface area contributed by atoms with Gasteiger partial charge >= 0.3 is 0 Å². The van der Waals surface area contributed by atoms with Gasteiger partial charge in [-0.15, -0.1) is 0 Å². The maximum Gasteiger partial charge on any atom is 0.164 e. The van der Waals surface area contributed by atoms with Crippen molar-refractivity contribution in [1.29, 1.82) is 0 Å². The molecule has 0 aliphatic carbocycles. The van der Waals surface area contributed by atoms with Crippen LogP contribution in [0, 0.1) is 0 Å². The van der Waals surface area contributed by atoms with Crippen LogP contribution in [0.3, 0.4) is 0 Å². The first-order chi connectivity index (χ1) is 17.3. The van der Waals surface area contributed by atoms with Gasteiger partial charge < -0.3 is 15.4 Å². The molecule has 0 radical (unpaired) electrons. The lowest BCUT2D eigenvalue weighted by molar-refractivity contribution is 0.122. The van der Waals surface area contributed by atoms with Gasteiger partial charge in [-0.2, -0.15) is 5.10 Å². The Morgan fingerprint density at radius 3 is 2.57 bits per heavy atom. The number of nitrogens with two attached hydrogens (primary N) is 1. The Hall–Kier alpha value is -3.49. The van der Waals surface area contributed by atoms with Crippen molar-refractivity contribution in [3.63, 3.8) is 0 Å². The van der Waals surface area contributed by atoms with E-state index in [2.05, 4.69) is 51.4 Å². The molecule has 2 aliphatic heterocycles. The fourth-order valence-corrected chi connectivity index (χ4v) is 4.92. The van der Waals surface area contributed by atoms with Crippen molar-refractivity contribution >= 4 is 22.4 Å². The lowest BCUT2D eigenvalue weighted by Crippen LogP contribution is -2.37. The van der Waals surface area contributed by atoms with E-state index in [0.29, 0.717) is 25.1 Å². The topological polar surface area (TPSA) is 85.3 Å². The largest absolute Gasteiger partial charge is 0.405 e. The number of allylic oxidation sites excluding steroid dienone is 4. The van der Waals surface area contributed by atoms with Crippen molar-refractivity contribution < 1.29 is 4.74 Å². The number of anilines is 1. The van der Waals surface area contributed by atoms with Crippen LogP contribution < -0.4 is 10.6 Å². The summed E-state index contributed by atoms with van der Waals surface area (Å²) in [5.74, 6) is 1.53. The summed E-state index contributed by atoms with van der Waals surface area (Å²) in [4.78, 5) is 14.7. The van der Waals surface area contributed by atoms with Gasteiger partial charge in [-0.05, 0) is 30.7 Å². The predicted molar refractivity (Wildman–Crippen MR) is 140 cm³/mol. The first-order valence-electron chi connectivity index (χ1n) is 12.3. The Bertz CT molecular complexity index is 1200. The molecule has 2 N–H and O–H groups in total. The summed E-state index contributed by atoms with van der Waals surface area (Å²) in [5.41, 5.74) is 8.78. The van der Waals surface area contributed by atoms with Gasteiger partial charge in [0.2, 0.25) is 0 Å². The number of hydrogen-bond acceptors (Lipinski definition) is 7. The number of rotatable bonds is 7. The zero-order valence-corrected chi connectivity index (χ0v) is 20.1. The second-order valence-electron chi connectivity index (χ2n) is 9.01. The lowest BCUT2D eigenvalue weighted by Gasteiger charge is -2.32.